The van der Waals surface area contributed by atoms with Crippen LogP contribution in [0, 0.1) is 6.92 Å². The minimum Gasteiger partial charge on any atom is -0.444 e. The van der Waals surface area contributed by atoms with E-state index >= 15 is 0 Å². The number of nitrogens with one attached hydrogen (secondary N) is 3. The predicted octanol–water partition coefficient (Wildman–Crippen LogP) is 3.58. The number of amides is 1. The molecule has 0 aliphatic carbocycles. The van der Waals surface area contributed by atoms with Crippen LogP contribution >= 0.6 is 24.0 Å². The SMILES string of the molecule is CN=C(NCc1ccc(C)cc1)NCC(C)(C)NC(=O)OC(C)(C)C.I. The molecule has 0 unspecified atom stereocenters. The molecule has 0 saturated heterocycles. The van der Waals surface area contributed by atoms with Gasteiger partial charge in [-0.05, 0) is 47.1 Å². The van der Waals surface area contributed by atoms with Gasteiger partial charge in [0.2, 0.25) is 0 Å². The molecule has 0 aromatic heterocycles. The molecule has 0 heterocycles. The molecule has 0 radical (unpaired) electrons. The van der Waals surface area contributed by atoms with Gasteiger partial charge in [-0.15, -0.1) is 24.0 Å². The molecule has 0 atom stereocenters. The van der Waals surface area contributed by atoms with Crippen LogP contribution in [0.15, 0.2) is 29.3 Å². The van der Waals surface area contributed by atoms with E-state index in [1.54, 1.807) is 7.05 Å². The number of carbonyl (C=O) groups excluding carboxylic acids is 1. The summed E-state index contributed by atoms with van der Waals surface area (Å²) in [5, 5.41) is 9.36. The van der Waals surface area contributed by atoms with Crippen molar-refractivity contribution in [1.29, 1.82) is 0 Å². The van der Waals surface area contributed by atoms with Crippen LogP contribution in [0.3, 0.4) is 0 Å². The smallest absolute Gasteiger partial charge is 0.408 e. The highest BCUT2D eigenvalue weighted by Crippen LogP contribution is 2.09. The molecule has 0 fully saturated rings. The van der Waals surface area contributed by atoms with Gasteiger partial charge in [-0.25, -0.2) is 4.79 Å². The largest absolute Gasteiger partial charge is 0.444 e. The Morgan fingerprint density at radius 3 is 2.15 bits per heavy atom. The fraction of sp³-hybridized carbons (Fsp3) is 0.579. The van der Waals surface area contributed by atoms with Crippen LogP contribution in [0.4, 0.5) is 4.79 Å². The van der Waals surface area contributed by atoms with Crippen molar-refractivity contribution in [1.82, 2.24) is 16.0 Å². The number of hydrogen-bond acceptors (Lipinski definition) is 3. The summed E-state index contributed by atoms with van der Waals surface area (Å²) in [6, 6.07) is 8.34. The standard InChI is InChI=1S/C19H32N4O2.HI/c1-14-8-10-15(11-9-14)12-21-16(20-7)22-13-19(5,6)23-17(24)25-18(2,3)4;/h8-11H,12-13H2,1-7H3,(H,23,24)(H2,20,21,22);1H. The maximum absolute atomic E-state index is 11.9. The molecule has 1 aromatic carbocycles. The molecule has 148 valence electrons. The van der Waals surface area contributed by atoms with Gasteiger partial charge in [0.1, 0.15) is 5.60 Å². The summed E-state index contributed by atoms with van der Waals surface area (Å²) in [7, 11) is 1.72. The summed E-state index contributed by atoms with van der Waals surface area (Å²) in [6.07, 6.45) is -0.429. The van der Waals surface area contributed by atoms with Gasteiger partial charge >= 0.3 is 6.09 Å². The maximum Gasteiger partial charge on any atom is 0.408 e. The first-order valence-corrected chi connectivity index (χ1v) is 8.52. The first-order chi connectivity index (χ1) is 11.5. The van der Waals surface area contributed by atoms with Gasteiger partial charge in [-0.1, -0.05) is 29.8 Å². The van der Waals surface area contributed by atoms with E-state index < -0.39 is 17.2 Å². The van der Waals surface area contributed by atoms with Gasteiger partial charge in [-0.2, -0.15) is 0 Å². The van der Waals surface area contributed by atoms with E-state index in [-0.39, 0.29) is 24.0 Å². The topological polar surface area (TPSA) is 74.8 Å². The highest BCUT2D eigenvalue weighted by Gasteiger charge is 2.24. The molecule has 3 N–H and O–H groups in total. The molecule has 1 aromatic rings. The molecular weight excluding hydrogens is 443 g/mol. The van der Waals surface area contributed by atoms with Crippen LogP contribution in [-0.2, 0) is 11.3 Å². The van der Waals surface area contributed by atoms with Crippen molar-refractivity contribution in [3.05, 3.63) is 35.4 Å². The van der Waals surface area contributed by atoms with Gasteiger partial charge in [0, 0.05) is 20.1 Å². The molecule has 1 amide bonds. The lowest BCUT2D eigenvalue weighted by Crippen LogP contribution is -2.54. The number of alkyl carbamates (subject to hydrolysis) is 1. The second kappa shape index (κ2) is 10.6. The van der Waals surface area contributed by atoms with Crippen molar-refractivity contribution in [3.8, 4) is 0 Å². The fourth-order valence-electron chi connectivity index (χ4n) is 2.04. The molecule has 0 saturated carbocycles. The number of carbonyl (C=O) groups is 1. The Hall–Kier alpha value is -1.51. The van der Waals surface area contributed by atoms with Crippen LogP contribution < -0.4 is 16.0 Å². The number of aliphatic imine (C=N–C) groups is 1. The third kappa shape index (κ3) is 10.5. The van der Waals surface area contributed by atoms with E-state index in [2.05, 4.69) is 52.1 Å². The van der Waals surface area contributed by atoms with E-state index in [1.807, 2.05) is 34.6 Å². The summed E-state index contributed by atoms with van der Waals surface area (Å²) in [5.41, 5.74) is 1.42. The number of aryl methyl sites for hydroxylation is 1. The lowest BCUT2D eigenvalue weighted by molar-refractivity contribution is 0.0474. The fourth-order valence-corrected chi connectivity index (χ4v) is 2.04. The highest BCUT2D eigenvalue weighted by atomic mass is 127. The molecule has 7 heteroatoms. The van der Waals surface area contributed by atoms with Crippen molar-refractivity contribution in [2.24, 2.45) is 4.99 Å². The summed E-state index contributed by atoms with van der Waals surface area (Å²) in [5.74, 6) is 0.680. The molecule has 0 bridgehead atoms. The van der Waals surface area contributed by atoms with E-state index in [1.165, 1.54) is 11.1 Å². The molecular formula is C19H33IN4O2. The monoisotopic (exact) mass is 476 g/mol. The van der Waals surface area contributed by atoms with E-state index in [0.29, 0.717) is 19.0 Å². The molecule has 6 nitrogen and oxygen atoms in total. The molecule has 0 aliphatic rings. The van der Waals surface area contributed by atoms with Gasteiger partial charge in [0.05, 0.1) is 5.54 Å². The first-order valence-electron chi connectivity index (χ1n) is 8.52. The van der Waals surface area contributed by atoms with Gasteiger partial charge < -0.3 is 20.7 Å². The van der Waals surface area contributed by atoms with Gasteiger partial charge in [-0.3, -0.25) is 4.99 Å². The average Bonchev–Trinajstić information content (AvgIpc) is 2.46. The second-order valence-corrected chi connectivity index (χ2v) is 7.78. The number of rotatable bonds is 5. The van der Waals surface area contributed by atoms with Crippen LogP contribution in [0.1, 0.15) is 45.7 Å². The van der Waals surface area contributed by atoms with Gasteiger partial charge in [0.15, 0.2) is 5.96 Å². The number of halogens is 1. The van der Waals surface area contributed by atoms with E-state index in [0.717, 1.165) is 0 Å². The Morgan fingerprint density at radius 1 is 1.08 bits per heavy atom. The minimum absolute atomic E-state index is 0. The van der Waals surface area contributed by atoms with Gasteiger partial charge in [0.25, 0.3) is 0 Å². The Kier molecular flexibility index (Phi) is 9.98. The van der Waals surface area contributed by atoms with Crippen molar-refractivity contribution in [2.45, 2.75) is 59.2 Å². The number of benzene rings is 1. The third-order valence-electron chi connectivity index (χ3n) is 3.34. The zero-order chi connectivity index (χ0) is 19.1. The minimum atomic E-state index is -0.515. The summed E-state index contributed by atoms with van der Waals surface area (Å²) < 4.78 is 5.30. The quantitative estimate of drug-likeness (QED) is 0.345. The number of guanidine groups is 1. The Balaban J connectivity index is 0.00000625. The lowest BCUT2D eigenvalue weighted by atomic mass is 10.1. The van der Waals surface area contributed by atoms with Crippen LogP contribution in [0.25, 0.3) is 0 Å². The predicted molar refractivity (Wildman–Crippen MR) is 118 cm³/mol. The number of nitrogens with zero attached hydrogens (tertiary/aromatic N) is 1. The van der Waals surface area contributed by atoms with Crippen LogP contribution in [0.2, 0.25) is 0 Å². The third-order valence-corrected chi connectivity index (χ3v) is 3.34. The van der Waals surface area contributed by atoms with E-state index in [9.17, 15) is 4.79 Å². The molecule has 1 rings (SSSR count). The molecule has 0 spiro atoms. The zero-order valence-electron chi connectivity index (χ0n) is 16.9. The van der Waals surface area contributed by atoms with Crippen molar-refractivity contribution >= 4 is 36.0 Å². The maximum atomic E-state index is 11.9. The van der Waals surface area contributed by atoms with Crippen molar-refractivity contribution in [2.75, 3.05) is 13.6 Å². The first kappa shape index (κ1) is 24.5. The Morgan fingerprint density at radius 2 is 1.65 bits per heavy atom. The van der Waals surface area contributed by atoms with Crippen molar-refractivity contribution < 1.29 is 9.53 Å². The lowest BCUT2D eigenvalue weighted by Gasteiger charge is -2.29. The van der Waals surface area contributed by atoms with Crippen LogP contribution in [-0.4, -0.2) is 36.8 Å². The van der Waals surface area contributed by atoms with Crippen LogP contribution in [0.5, 0.6) is 0 Å². The Labute approximate surface area is 174 Å². The highest BCUT2D eigenvalue weighted by molar-refractivity contribution is 14.0. The van der Waals surface area contributed by atoms with Crippen molar-refractivity contribution in [3.63, 3.8) is 0 Å². The normalized spacial score (nSPS) is 12.0. The average molecular weight is 476 g/mol. The summed E-state index contributed by atoms with van der Waals surface area (Å²) in [6.45, 7) is 12.6. The molecule has 0 aliphatic heterocycles. The summed E-state index contributed by atoms with van der Waals surface area (Å²) >= 11 is 0. The van der Waals surface area contributed by atoms with E-state index in [4.69, 9.17) is 4.74 Å². The number of hydrogen-bond donors (Lipinski definition) is 3. The number of ether oxygens (including phenoxy) is 1. The molecule has 26 heavy (non-hydrogen) atoms. The second-order valence-electron chi connectivity index (χ2n) is 7.78. The summed E-state index contributed by atoms with van der Waals surface area (Å²) in [4.78, 5) is 16.1. The zero-order valence-corrected chi connectivity index (χ0v) is 19.2. The Bertz CT molecular complexity index is 593.